The Balaban J connectivity index is 0. The third-order valence-electron chi connectivity index (χ3n) is 2.76. The molecule has 2 heterocycles. The zero-order chi connectivity index (χ0) is 13.5. The van der Waals surface area contributed by atoms with Gasteiger partial charge in [-0.05, 0) is 24.3 Å². The molecule has 0 aromatic carbocycles. The maximum atomic E-state index is 4.47. The molecule has 0 aliphatic rings. The number of nitrogens with one attached hydrogen (secondary N) is 3. The van der Waals surface area contributed by atoms with Crippen LogP contribution >= 0.6 is 24.0 Å². The minimum absolute atomic E-state index is 0. The van der Waals surface area contributed by atoms with Crippen molar-refractivity contribution in [2.24, 2.45) is 0 Å². The Morgan fingerprint density at radius 2 is 1.50 bits per heavy atom. The standard InChI is InChI=1S/C14H19N5.HI.2H2/c1-15-12-6-3-5-11(18-12)9-10-17-14-8-4-7-13(16-2)19-14;;;/h3-8H,9-10H2,1-2H3,(H,15,18)(H2,16,17,19);3*1H. The van der Waals surface area contributed by atoms with Gasteiger partial charge in [0, 0.05) is 35.6 Å². The fourth-order valence-corrected chi connectivity index (χ4v) is 1.75. The number of halogens is 1. The van der Waals surface area contributed by atoms with Crippen molar-refractivity contribution in [2.75, 3.05) is 36.6 Å². The molecular formula is C14H24IN5. The summed E-state index contributed by atoms with van der Waals surface area (Å²) in [4.78, 5) is 8.87. The number of hydrogen-bond donors (Lipinski definition) is 3. The van der Waals surface area contributed by atoms with Gasteiger partial charge in [0.1, 0.15) is 17.5 Å². The van der Waals surface area contributed by atoms with Crippen LogP contribution in [0.5, 0.6) is 0 Å². The molecule has 0 saturated heterocycles. The Morgan fingerprint density at radius 3 is 2.20 bits per heavy atom. The lowest BCUT2D eigenvalue weighted by Crippen LogP contribution is -2.08. The van der Waals surface area contributed by atoms with E-state index in [2.05, 4.69) is 25.9 Å². The molecule has 5 nitrogen and oxygen atoms in total. The van der Waals surface area contributed by atoms with Gasteiger partial charge in [0.25, 0.3) is 0 Å². The van der Waals surface area contributed by atoms with Crippen molar-refractivity contribution >= 4 is 41.4 Å². The SMILES string of the molecule is CNc1cccc(CCNc2cccc(NC)n2)n1.I.[HH].[HH]. The molecular weight excluding hydrogens is 365 g/mol. The van der Waals surface area contributed by atoms with E-state index in [4.69, 9.17) is 0 Å². The van der Waals surface area contributed by atoms with E-state index < -0.39 is 0 Å². The lowest BCUT2D eigenvalue weighted by Gasteiger charge is -2.07. The third kappa shape index (κ3) is 4.84. The van der Waals surface area contributed by atoms with Crippen molar-refractivity contribution in [3.8, 4) is 0 Å². The van der Waals surface area contributed by atoms with E-state index in [1.165, 1.54) is 0 Å². The lowest BCUT2D eigenvalue weighted by atomic mass is 10.2. The first-order valence-electron chi connectivity index (χ1n) is 6.34. The van der Waals surface area contributed by atoms with Crippen LogP contribution in [0.25, 0.3) is 0 Å². The molecule has 0 saturated carbocycles. The summed E-state index contributed by atoms with van der Waals surface area (Å²) < 4.78 is 0. The van der Waals surface area contributed by atoms with Gasteiger partial charge >= 0.3 is 0 Å². The van der Waals surface area contributed by atoms with Crippen molar-refractivity contribution in [3.63, 3.8) is 0 Å². The van der Waals surface area contributed by atoms with E-state index in [1.54, 1.807) is 0 Å². The van der Waals surface area contributed by atoms with Crippen LogP contribution in [0.4, 0.5) is 17.5 Å². The normalized spacial score (nSPS) is 9.50. The molecule has 0 radical (unpaired) electrons. The van der Waals surface area contributed by atoms with Crippen molar-refractivity contribution in [1.29, 1.82) is 0 Å². The zero-order valence-corrected chi connectivity index (χ0v) is 14.0. The average Bonchev–Trinajstić information content (AvgIpc) is 2.48. The van der Waals surface area contributed by atoms with Crippen LogP contribution < -0.4 is 16.0 Å². The highest BCUT2D eigenvalue weighted by Crippen LogP contribution is 2.09. The molecule has 0 bridgehead atoms. The number of anilines is 3. The number of pyridine rings is 2. The molecule has 6 heteroatoms. The highest BCUT2D eigenvalue weighted by atomic mass is 127. The van der Waals surface area contributed by atoms with Gasteiger partial charge in [0.15, 0.2) is 0 Å². The molecule has 20 heavy (non-hydrogen) atoms. The summed E-state index contributed by atoms with van der Waals surface area (Å²) in [5.74, 6) is 2.63. The first-order chi connectivity index (χ1) is 9.31. The van der Waals surface area contributed by atoms with Crippen LogP contribution in [0.15, 0.2) is 36.4 Å². The molecule has 0 fully saturated rings. The monoisotopic (exact) mass is 389 g/mol. The number of hydrogen-bond acceptors (Lipinski definition) is 5. The molecule has 112 valence electrons. The van der Waals surface area contributed by atoms with E-state index >= 15 is 0 Å². The van der Waals surface area contributed by atoms with Crippen molar-refractivity contribution in [3.05, 3.63) is 42.1 Å². The smallest absolute Gasteiger partial charge is 0.128 e. The summed E-state index contributed by atoms with van der Waals surface area (Å²) in [5.41, 5.74) is 1.06. The quantitative estimate of drug-likeness (QED) is 0.662. The highest BCUT2D eigenvalue weighted by Gasteiger charge is 1.98. The molecule has 0 atom stereocenters. The van der Waals surface area contributed by atoms with Crippen LogP contribution in [0.2, 0.25) is 0 Å². The molecule has 0 aliphatic heterocycles. The summed E-state index contributed by atoms with van der Waals surface area (Å²) in [6.45, 7) is 0.806. The first-order valence-corrected chi connectivity index (χ1v) is 6.34. The van der Waals surface area contributed by atoms with Gasteiger partial charge in [-0.1, -0.05) is 12.1 Å². The van der Waals surface area contributed by atoms with E-state index in [0.717, 1.165) is 36.1 Å². The summed E-state index contributed by atoms with van der Waals surface area (Å²) >= 11 is 0. The lowest BCUT2D eigenvalue weighted by molar-refractivity contribution is 0.955. The minimum atomic E-state index is 0. The predicted molar refractivity (Wildman–Crippen MR) is 99.4 cm³/mol. The Hall–Kier alpha value is -1.57. The predicted octanol–water partition coefficient (Wildman–Crippen LogP) is 3.32. The summed E-state index contributed by atoms with van der Waals surface area (Å²) in [6, 6.07) is 11.9. The van der Waals surface area contributed by atoms with Gasteiger partial charge in [-0.3, -0.25) is 0 Å². The van der Waals surface area contributed by atoms with Gasteiger partial charge in [-0.15, -0.1) is 24.0 Å². The van der Waals surface area contributed by atoms with Crippen molar-refractivity contribution < 1.29 is 2.85 Å². The number of aromatic nitrogens is 2. The third-order valence-corrected chi connectivity index (χ3v) is 2.76. The van der Waals surface area contributed by atoms with Crippen LogP contribution in [0.3, 0.4) is 0 Å². The van der Waals surface area contributed by atoms with E-state index in [-0.39, 0.29) is 26.8 Å². The maximum absolute atomic E-state index is 4.47. The average molecular weight is 389 g/mol. The minimum Gasteiger partial charge on any atom is -0.373 e. The number of nitrogens with zero attached hydrogens (tertiary/aromatic N) is 2. The Morgan fingerprint density at radius 1 is 0.900 bits per heavy atom. The molecule has 0 amide bonds. The van der Waals surface area contributed by atoms with E-state index in [0.29, 0.717) is 0 Å². The van der Waals surface area contributed by atoms with Crippen molar-refractivity contribution in [2.45, 2.75) is 6.42 Å². The second-order valence-corrected chi connectivity index (χ2v) is 4.10. The van der Waals surface area contributed by atoms with Crippen LogP contribution in [0, 0.1) is 0 Å². The molecule has 2 aromatic heterocycles. The second-order valence-electron chi connectivity index (χ2n) is 4.10. The Kier molecular flexibility index (Phi) is 7.06. The molecule has 2 rings (SSSR count). The summed E-state index contributed by atoms with van der Waals surface area (Å²) in [7, 11) is 3.73. The summed E-state index contributed by atoms with van der Waals surface area (Å²) in [5, 5.41) is 9.35. The molecule has 0 aliphatic carbocycles. The van der Waals surface area contributed by atoms with Gasteiger partial charge in [-0.2, -0.15) is 0 Å². The Labute approximate surface area is 139 Å². The van der Waals surface area contributed by atoms with Crippen molar-refractivity contribution in [1.82, 2.24) is 9.97 Å². The fourth-order valence-electron chi connectivity index (χ4n) is 1.75. The molecule has 0 unspecified atom stereocenters. The van der Waals surface area contributed by atoms with Gasteiger partial charge < -0.3 is 16.0 Å². The molecule has 3 N–H and O–H groups in total. The molecule has 0 spiro atoms. The van der Waals surface area contributed by atoms with Gasteiger partial charge in [0.2, 0.25) is 0 Å². The Bertz CT molecular complexity index is 495. The topological polar surface area (TPSA) is 61.9 Å². The van der Waals surface area contributed by atoms with Crippen LogP contribution in [0.1, 0.15) is 8.55 Å². The zero-order valence-electron chi connectivity index (χ0n) is 11.7. The summed E-state index contributed by atoms with van der Waals surface area (Å²) in [6.07, 6.45) is 0.862. The second kappa shape index (κ2) is 8.57. The fraction of sp³-hybridized carbons (Fsp3) is 0.286. The van der Waals surface area contributed by atoms with Gasteiger partial charge in [0.05, 0.1) is 0 Å². The highest BCUT2D eigenvalue weighted by molar-refractivity contribution is 14.0. The van der Waals surface area contributed by atoms with E-state index in [1.807, 2.05) is 50.5 Å². The van der Waals surface area contributed by atoms with Gasteiger partial charge in [-0.25, -0.2) is 9.97 Å². The molecule has 2 aromatic rings. The van der Waals surface area contributed by atoms with E-state index in [9.17, 15) is 0 Å². The van der Waals surface area contributed by atoms with Crippen LogP contribution in [-0.4, -0.2) is 30.6 Å². The largest absolute Gasteiger partial charge is 0.373 e. The maximum Gasteiger partial charge on any atom is 0.128 e. The first kappa shape index (κ1) is 16.5. The number of rotatable bonds is 6. The van der Waals surface area contributed by atoms with Crippen LogP contribution in [-0.2, 0) is 6.42 Å².